The summed E-state index contributed by atoms with van der Waals surface area (Å²) in [6.07, 6.45) is 1.16. The average Bonchev–Trinajstić information content (AvgIpc) is 2.61. The number of azo groups is 1. The maximum absolute atomic E-state index is 12.0. The standard InChI is InChI=1S/C14H12N4O2.C3H9NO2S/c1-9-11(8-15)13(19)18(2)14(20)12(9)17-16-10-6-4-3-5-7-10;1-4(2)7(3,5)6/h3-7,19H,1-2H3;1-3H3. The van der Waals surface area contributed by atoms with Gasteiger partial charge in [-0.3, -0.25) is 9.36 Å². The van der Waals surface area contributed by atoms with Crippen molar-refractivity contribution < 1.29 is 13.5 Å². The monoisotopic (exact) mass is 391 g/mol. The lowest BCUT2D eigenvalue weighted by atomic mass is 10.1. The van der Waals surface area contributed by atoms with Crippen LogP contribution in [0.4, 0.5) is 11.4 Å². The number of nitriles is 1. The summed E-state index contributed by atoms with van der Waals surface area (Å²) in [6.45, 7) is 1.55. The van der Waals surface area contributed by atoms with Crippen LogP contribution in [0.5, 0.6) is 5.88 Å². The van der Waals surface area contributed by atoms with Crippen molar-refractivity contribution in [3.8, 4) is 11.9 Å². The Morgan fingerprint density at radius 2 is 1.70 bits per heavy atom. The largest absolute Gasteiger partial charge is 0.493 e. The van der Waals surface area contributed by atoms with E-state index in [2.05, 4.69) is 10.2 Å². The molecule has 27 heavy (non-hydrogen) atoms. The highest BCUT2D eigenvalue weighted by molar-refractivity contribution is 7.88. The third kappa shape index (κ3) is 5.73. The molecular formula is C17H21N5O4S. The van der Waals surface area contributed by atoms with Gasteiger partial charge in [0.2, 0.25) is 15.9 Å². The Morgan fingerprint density at radius 1 is 1.19 bits per heavy atom. The molecule has 0 bridgehead atoms. The minimum Gasteiger partial charge on any atom is -0.493 e. The van der Waals surface area contributed by atoms with Crippen LogP contribution >= 0.6 is 0 Å². The first kappa shape index (κ1) is 22.0. The first-order valence-corrected chi connectivity index (χ1v) is 9.52. The average molecular weight is 391 g/mol. The second-order valence-corrected chi connectivity index (χ2v) is 7.93. The zero-order valence-corrected chi connectivity index (χ0v) is 16.5. The molecule has 0 saturated carbocycles. The number of hydrogen-bond acceptors (Lipinski definition) is 7. The van der Waals surface area contributed by atoms with Crippen LogP contribution in [0, 0.1) is 18.3 Å². The number of aromatic nitrogens is 1. The lowest BCUT2D eigenvalue weighted by molar-refractivity contribution is 0.421. The van der Waals surface area contributed by atoms with E-state index in [0.29, 0.717) is 11.3 Å². The zero-order valence-electron chi connectivity index (χ0n) is 15.7. The summed E-state index contributed by atoms with van der Waals surface area (Å²) in [5.74, 6) is -0.367. The second-order valence-electron chi connectivity index (χ2n) is 5.73. The molecule has 2 rings (SSSR count). The first-order chi connectivity index (χ1) is 12.5. The van der Waals surface area contributed by atoms with Gasteiger partial charge in [0, 0.05) is 26.7 Å². The normalized spacial score (nSPS) is 11.1. The maximum Gasteiger partial charge on any atom is 0.281 e. The highest BCUT2D eigenvalue weighted by atomic mass is 32.2. The van der Waals surface area contributed by atoms with Gasteiger partial charge in [-0.25, -0.2) is 12.7 Å². The Morgan fingerprint density at radius 3 is 2.15 bits per heavy atom. The maximum atomic E-state index is 12.0. The summed E-state index contributed by atoms with van der Waals surface area (Å²) in [4.78, 5) is 12.0. The molecule has 0 saturated heterocycles. The SMILES string of the molecule is CN(C)S(C)(=O)=O.Cc1c(C#N)c(O)n(C)c(=O)c1N=Nc1ccccc1. The highest BCUT2D eigenvalue weighted by Crippen LogP contribution is 2.25. The predicted octanol–water partition coefficient (Wildman–Crippen LogP) is 2.19. The van der Waals surface area contributed by atoms with Gasteiger partial charge in [0.25, 0.3) is 5.56 Å². The molecule has 0 atom stereocenters. The van der Waals surface area contributed by atoms with Crippen molar-refractivity contribution in [3.05, 3.63) is 51.8 Å². The number of sulfonamides is 1. The van der Waals surface area contributed by atoms with Crippen molar-refractivity contribution in [3.63, 3.8) is 0 Å². The molecular weight excluding hydrogens is 370 g/mol. The summed E-state index contributed by atoms with van der Waals surface area (Å²) >= 11 is 0. The van der Waals surface area contributed by atoms with Crippen LogP contribution in [-0.2, 0) is 17.1 Å². The molecule has 9 nitrogen and oxygen atoms in total. The molecule has 0 aliphatic rings. The van der Waals surface area contributed by atoms with Gasteiger partial charge in [0.05, 0.1) is 11.9 Å². The van der Waals surface area contributed by atoms with Gasteiger partial charge in [-0.15, -0.1) is 5.11 Å². The summed E-state index contributed by atoms with van der Waals surface area (Å²) in [6, 6.07) is 10.8. The summed E-state index contributed by atoms with van der Waals surface area (Å²) < 4.78 is 22.7. The molecule has 0 aliphatic carbocycles. The van der Waals surface area contributed by atoms with Gasteiger partial charge in [-0.05, 0) is 19.1 Å². The fourth-order valence-electron chi connectivity index (χ4n) is 1.72. The van der Waals surface area contributed by atoms with E-state index in [4.69, 9.17) is 5.26 Å². The van der Waals surface area contributed by atoms with Crippen molar-refractivity contribution in [2.24, 2.45) is 17.3 Å². The molecule has 1 aromatic carbocycles. The number of nitrogens with zero attached hydrogens (tertiary/aromatic N) is 5. The van der Waals surface area contributed by atoms with E-state index in [0.717, 1.165) is 15.1 Å². The smallest absolute Gasteiger partial charge is 0.281 e. The number of benzene rings is 1. The molecule has 0 spiro atoms. The fraction of sp³-hybridized carbons (Fsp3) is 0.294. The molecule has 0 fully saturated rings. The quantitative estimate of drug-likeness (QED) is 0.802. The van der Waals surface area contributed by atoms with E-state index >= 15 is 0 Å². The minimum absolute atomic E-state index is 0.0223. The van der Waals surface area contributed by atoms with E-state index in [1.54, 1.807) is 31.2 Å². The Balaban J connectivity index is 0.000000445. The molecule has 2 aromatic rings. The zero-order chi connectivity index (χ0) is 20.8. The fourth-order valence-corrected chi connectivity index (χ4v) is 1.72. The minimum atomic E-state index is -2.91. The molecule has 144 valence electrons. The molecule has 0 amide bonds. The van der Waals surface area contributed by atoms with Crippen molar-refractivity contribution >= 4 is 21.4 Å². The van der Waals surface area contributed by atoms with E-state index in [1.165, 1.54) is 21.1 Å². The van der Waals surface area contributed by atoms with Crippen LogP contribution in [0.3, 0.4) is 0 Å². The van der Waals surface area contributed by atoms with Crippen LogP contribution in [0.1, 0.15) is 11.1 Å². The molecule has 0 radical (unpaired) electrons. The second kappa shape index (κ2) is 9.07. The van der Waals surface area contributed by atoms with E-state index in [9.17, 15) is 18.3 Å². The molecule has 0 aliphatic heterocycles. The van der Waals surface area contributed by atoms with Crippen molar-refractivity contribution in [2.45, 2.75) is 6.92 Å². The number of hydrogen-bond donors (Lipinski definition) is 1. The van der Waals surface area contributed by atoms with Crippen LogP contribution in [0.25, 0.3) is 0 Å². The third-order valence-corrected chi connectivity index (χ3v) is 4.90. The lowest BCUT2D eigenvalue weighted by Gasteiger charge is -2.08. The predicted molar refractivity (Wildman–Crippen MR) is 102 cm³/mol. The van der Waals surface area contributed by atoms with Crippen LogP contribution in [0.15, 0.2) is 45.4 Å². The van der Waals surface area contributed by atoms with Gasteiger partial charge >= 0.3 is 0 Å². The number of rotatable bonds is 3. The molecule has 1 N–H and O–H groups in total. The Kier molecular flexibility index (Phi) is 7.39. The van der Waals surface area contributed by atoms with Crippen molar-refractivity contribution in [1.82, 2.24) is 8.87 Å². The molecule has 1 heterocycles. The van der Waals surface area contributed by atoms with Crippen LogP contribution in [0.2, 0.25) is 0 Å². The van der Waals surface area contributed by atoms with Gasteiger partial charge in [0.15, 0.2) is 5.69 Å². The Labute approximate surface area is 157 Å². The third-order valence-electron chi connectivity index (χ3n) is 3.58. The number of aromatic hydroxyl groups is 1. The summed E-state index contributed by atoms with van der Waals surface area (Å²) in [7, 11) is 1.46. The molecule has 10 heteroatoms. The van der Waals surface area contributed by atoms with Crippen LogP contribution in [-0.4, -0.2) is 42.7 Å². The molecule has 0 unspecified atom stereocenters. The first-order valence-electron chi connectivity index (χ1n) is 7.67. The lowest BCUT2D eigenvalue weighted by Crippen LogP contribution is -2.19. The van der Waals surface area contributed by atoms with Gasteiger partial charge in [0.1, 0.15) is 11.6 Å². The van der Waals surface area contributed by atoms with Crippen molar-refractivity contribution in [2.75, 3.05) is 20.4 Å². The Hall–Kier alpha value is -3.03. The van der Waals surface area contributed by atoms with Gasteiger partial charge in [-0.2, -0.15) is 10.4 Å². The molecule has 1 aromatic heterocycles. The van der Waals surface area contributed by atoms with E-state index < -0.39 is 15.6 Å². The topological polar surface area (TPSA) is 128 Å². The Bertz CT molecular complexity index is 1040. The van der Waals surface area contributed by atoms with Crippen molar-refractivity contribution in [1.29, 1.82) is 5.26 Å². The van der Waals surface area contributed by atoms with E-state index in [-0.39, 0.29) is 17.1 Å². The van der Waals surface area contributed by atoms with Crippen LogP contribution < -0.4 is 5.56 Å². The summed E-state index contributed by atoms with van der Waals surface area (Å²) in [5, 5.41) is 26.6. The van der Waals surface area contributed by atoms with Gasteiger partial charge < -0.3 is 5.11 Å². The number of pyridine rings is 1. The van der Waals surface area contributed by atoms with Gasteiger partial charge in [-0.1, -0.05) is 18.2 Å². The van der Waals surface area contributed by atoms with E-state index in [1.807, 2.05) is 12.1 Å². The highest BCUT2D eigenvalue weighted by Gasteiger charge is 2.16. The summed E-state index contributed by atoms with van der Waals surface area (Å²) in [5.41, 5.74) is 0.479.